The summed E-state index contributed by atoms with van der Waals surface area (Å²) in [5, 5.41) is 0.969. The van der Waals surface area contributed by atoms with E-state index in [9.17, 15) is 26.4 Å². The Hall–Kier alpha value is -3.72. The summed E-state index contributed by atoms with van der Waals surface area (Å²) in [7, 11) is -3.08. The van der Waals surface area contributed by atoms with Crippen LogP contribution >= 0.6 is 0 Å². The molecule has 3 aromatic rings. The van der Waals surface area contributed by atoms with E-state index in [-0.39, 0.29) is 50.1 Å². The fourth-order valence-corrected chi connectivity index (χ4v) is 8.37. The zero-order valence-electron chi connectivity index (χ0n) is 27.2. The zero-order chi connectivity index (χ0) is 33.7. The third-order valence-corrected chi connectivity index (χ3v) is 12.2. The van der Waals surface area contributed by atoms with Crippen LogP contribution in [-0.2, 0) is 31.6 Å². The summed E-state index contributed by atoms with van der Waals surface area (Å²) in [4.78, 5) is 29.1. The number of ether oxygens (including phenoxy) is 1. The number of nitrogens with zero attached hydrogens (tertiary/aromatic N) is 4. The molecule has 252 valence electrons. The van der Waals surface area contributed by atoms with E-state index in [4.69, 9.17) is 4.74 Å². The van der Waals surface area contributed by atoms with Crippen molar-refractivity contribution >= 4 is 49.0 Å². The van der Waals surface area contributed by atoms with E-state index in [2.05, 4.69) is 9.29 Å². The lowest BCUT2D eigenvalue weighted by Gasteiger charge is -2.33. The van der Waals surface area contributed by atoms with E-state index < -0.39 is 26.1 Å². The van der Waals surface area contributed by atoms with Gasteiger partial charge in [-0.2, -0.15) is 17.0 Å². The summed E-state index contributed by atoms with van der Waals surface area (Å²) in [6.45, 7) is 1.19. The first kappa shape index (κ1) is 33.2. The molecule has 12 nitrogen and oxygen atoms in total. The zero-order valence-corrected chi connectivity index (χ0v) is 28.8. The molecule has 0 radical (unpaired) electrons. The smallest absolute Gasteiger partial charge is 0.303 e. The fraction of sp³-hybridized carbons (Fsp3) is 0.455. The molecular formula is C33H41N5O7S2. The molecule has 2 aliphatic heterocycles. The normalized spacial score (nSPS) is 18.0. The highest BCUT2D eigenvalue weighted by Gasteiger charge is 2.33. The quantitative estimate of drug-likeness (QED) is 0.403. The lowest BCUT2D eigenvalue weighted by molar-refractivity contribution is -0.128. The Morgan fingerprint density at radius 2 is 1.64 bits per heavy atom. The van der Waals surface area contributed by atoms with Crippen molar-refractivity contribution in [2.45, 2.75) is 44.6 Å². The highest BCUT2D eigenvalue weighted by atomic mass is 32.2. The molecule has 1 aliphatic carbocycles. The Morgan fingerprint density at radius 1 is 0.936 bits per heavy atom. The van der Waals surface area contributed by atoms with Crippen LogP contribution in [0.25, 0.3) is 28.2 Å². The van der Waals surface area contributed by atoms with Crippen LogP contribution in [0, 0.1) is 0 Å². The molecule has 0 unspecified atom stereocenters. The van der Waals surface area contributed by atoms with Crippen molar-refractivity contribution in [2.75, 3.05) is 53.6 Å². The van der Waals surface area contributed by atoms with Gasteiger partial charge in [0, 0.05) is 67.9 Å². The molecule has 3 aliphatic rings. The largest absolute Gasteiger partial charge is 0.497 e. The van der Waals surface area contributed by atoms with Gasteiger partial charge in [-0.25, -0.2) is 13.1 Å². The summed E-state index contributed by atoms with van der Waals surface area (Å²) in [5.74, 6) is -0.0116. The highest BCUT2D eigenvalue weighted by Crippen LogP contribution is 2.47. The number of piperazine rings is 1. The van der Waals surface area contributed by atoms with Crippen LogP contribution in [0.2, 0.25) is 0 Å². The Morgan fingerprint density at radius 3 is 2.28 bits per heavy atom. The second kappa shape index (κ2) is 12.7. The molecule has 0 atom stereocenters. The highest BCUT2D eigenvalue weighted by molar-refractivity contribution is 7.88. The lowest BCUT2D eigenvalue weighted by atomic mass is 9.81. The number of benzene rings is 2. The number of carbonyl (C=O) groups is 2. The van der Waals surface area contributed by atoms with E-state index >= 15 is 0 Å². The van der Waals surface area contributed by atoms with Crippen molar-refractivity contribution in [3.63, 3.8) is 0 Å². The minimum Gasteiger partial charge on any atom is -0.497 e. The number of aromatic nitrogens is 1. The Balaban J connectivity index is 1.51. The van der Waals surface area contributed by atoms with Crippen molar-refractivity contribution < 1.29 is 31.2 Å². The number of amides is 2. The van der Waals surface area contributed by atoms with Crippen LogP contribution in [-0.4, -0.2) is 100 Å². The average molecular weight is 684 g/mol. The molecule has 1 aromatic heterocycles. The fourth-order valence-electron chi connectivity index (χ4n) is 7.01. The SMILES string of the molecule is COc1ccc2c(c1)C=C(C(=O)N1CCN(S(C)(=O)=O)CC1)Cn1c-2c(C2CCCCC2)c2ccc(C(=O)NS(=O)(=O)N(C)C)cc21. The molecule has 3 heterocycles. The maximum Gasteiger partial charge on any atom is 0.303 e. The average Bonchev–Trinajstić information content (AvgIpc) is 3.26. The number of hydrogen-bond acceptors (Lipinski definition) is 7. The second-order valence-electron chi connectivity index (χ2n) is 12.7. The van der Waals surface area contributed by atoms with Crippen LogP contribution in [0.15, 0.2) is 42.0 Å². The van der Waals surface area contributed by atoms with Crippen LogP contribution < -0.4 is 9.46 Å². The van der Waals surface area contributed by atoms with E-state index in [1.165, 1.54) is 36.6 Å². The summed E-state index contributed by atoms with van der Waals surface area (Å²) < 4.78 is 61.3. The number of hydrogen-bond donors (Lipinski definition) is 1. The van der Waals surface area contributed by atoms with Gasteiger partial charge in [-0.3, -0.25) is 9.59 Å². The molecule has 2 aromatic carbocycles. The molecule has 0 spiro atoms. The molecule has 47 heavy (non-hydrogen) atoms. The van der Waals surface area contributed by atoms with Gasteiger partial charge in [0.15, 0.2) is 0 Å². The predicted octanol–water partition coefficient (Wildman–Crippen LogP) is 3.40. The van der Waals surface area contributed by atoms with Crippen LogP contribution in [0.4, 0.5) is 0 Å². The van der Waals surface area contributed by atoms with Crippen molar-refractivity contribution in [1.29, 1.82) is 0 Å². The molecular weight excluding hydrogens is 643 g/mol. The summed E-state index contributed by atoms with van der Waals surface area (Å²) in [5.41, 5.74) is 5.35. The number of fused-ring (bicyclic) bond motifs is 5. The predicted molar refractivity (Wildman–Crippen MR) is 181 cm³/mol. The van der Waals surface area contributed by atoms with Crippen LogP contribution in [0.1, 0.15) is 59.5 Å². The molecule has 1 saturated carbocycles. The van der Waals surface area contributed by atoms with Crippen LogP contribution in [0.5, 0.6) is 5.75 Å². The topological polar surface area (TPSA) is 138 Å². The third-order valence-electron chi connectivity index (χ3n) is 9.52. The standard InChI is InChI=1S/C33H41N5O7S2/c1-35(2)47(43,44)34-32(39)23-10-12-28-29(20-23)38-21-25(33(40)36-14-16-37(17-15-36)46(4,41)42)18-24-19-26(45-3)11-13-27(24)31(38)30(28)22-8-6-5-7-9-22/h10-13,18-20,22H,5-9,14-17,21H2,1-4H3,(H,34,39). The molecule has 2 amide bonds. The van der Waals surface area contributed by atoms with E-state index in [1.807, 2.05) is 30.3 Å². The first-order chi connectivity index (χ1) is 22.3. The number of nitrogens with one attached hydrogen (secondary N) is 1. The van der Waals surface area contributed by atoms with Crippen molar-refractivity contribution in [1.82, 2.24) is 22.8 Å². The van der Waals surface area contributed by atoms with Crippen LogP contribution in [0.3, 0.4) is 0 Å². The number of methoxy groups -OCH3 is 1. The van der Waals surface area contributed by atoms with Gasteiger partial charge in [0.2, 0.25) is 10.0 Å². The Kier molecular flexibility index (Phi) is 8.98. The molecule has 1 saturated heterocycles. The number of carbonyl (C=O) groups excluding carboxylic acids is 2. The minimum absolute atomic E-state index is 0.186. The van der Waals surface area contributed by atoms with Crippen molar-refractivity contribution in [3.8, 4) is 17.0 Å². The van der Waals surface area contributed by atoms with E-state index in [0.717, 1.165) is 57.7 Å². The van der Waals surface area contributed by atoms with E-state index in [0.29, 0.717) is 11.3 Å². The Labute approximate surface area is 276 Å². The third kappa shape index (κ3) is 6.43. The molecule has 2 fully saturated rings. The summed E-state index contributed by atoms with van der Waals surface area (Å²) in [6, 6.07) is 11.1. The van der Waals surface area contributed by atoms with Crippen molar-refractivity contribution in [2.24, 2.45) is 0 Å². The molecule has 1 N–H and O–H groups in total. The Bertz CT molecular complexity index is 1990. The van der Waals surface area contributed by atoms with Gasteiger partial charge in [-0.15, -0.1) is 0 Å². The first-order valence-electron chi connectivity index (χ1n) is 15.8. The van der Waals surface area contributed by atoms with Gasteiger partial charge >= 0.3 is 10.2 Å². The molecule has 14 heteroatoms. The monoisotopic (exact) mass is 683 g/mol. The molecule has 0 bridgehead atoms. The van der Waals surface area contributed by atoms with E-state index in [1.54, 1.807) is 24.1 Å². The first-order valence-corrected chi connectivity index (χ1v) is 19.1. The van der Waals surface area contributed by atoms with Gasteiger partial charge in [0.05, 0.1) is 25.6 Å². The van der Waals surface area contributed by atoms with Gasteiger partial charge in [0.25, 0.3) is 11.8 Å². The second-order valence-corrected chi connectivity index (χ2v) is 16.6. The number of sulfonamides is 1. The van der Waals surface area contributed by atoms with Gasteiger partial charge in [-0.1, -0.05) is 25.3 Å². The van der Waals surface area contributed by atoms with Gasteiger partial charge < -0.3 is 14.2 Å². The summed E-state index contributed by atoms with van der Waals surface area (Å²) in [6.07, 6.45) is 8.50. The summed E-state index contributed by atoms with van der Waals surface area (Å²) >= 11 is 0. The number of rotatable bonds is 7. The van der Waals surface area contributed by atoms with Gasteiger partial charge in [-0.05, 0) is 66.3 Å². The maximum atomic E-state index is 14.2. The lowest BCUT2D eigenvalue weighted by Crippen LogP contribution is -2.50. The molecule has 6 rings (SSSR count). The maximum absolute atomic E-state index is 14.2. The van der Waals surface area contributed by atoms with Gasteiger partial charge in [0.1, 0.15) is 5.75 Å². The van der Waals surface area contributed by atoms with Crippen molar-refractivity contribution in [3.05, 3.63) is 58.7 Å². The minimum atomic E-state index is -4.01.